The SMILES string of the molecule is CC(=O)NC[C@H]1CN(c2ccc(-c3ccc(/C=N/N4CCN(C(C)=O)CC4)cc3)c(F)c2)C(=O)O1. The van der Waals surface area contributed by atoms with Crippen molar-refractivity contribution in [3.63, 3.8) is 0 Å². The average molecular weight is 482 g/mol. The van der Waals surface area contributed by atoms with Crippen LogP contribution in [0.2, 0.25) is 0 Å². The van der Waals surface area contributed by atoms with Gasteiger partial charge in [-0.05, 0) is 29.3 Å². The number of cyclic esters (lactones) is 1. The highest BCUT2D eigenvalue weighted by molar-refractivity contribution is 5.90. The zero-order valence-electron chi connectivity index (χ0n) is 19.7. The van der Waals surface area contributed by atoms with E-state index in [0.717, 1.165) is 5.56 Å². The number of hydrazone groups is 1. The lowest BCUT2D eigenvalue weighted by Crippen LogP contribution is -2.46. The normalized spacial score (nSPS) is 18.2. The van der Waals surface area contributed by atoms with Crippen LogP contribution in [0, 0.1) is 5.82 Å². The lowest BCUT2D eigenvalue weighted by atomic mass is 10.0. The van der Waals surface area contributed by atoms with Gasteiger partial charge in [0.25, 0.3) is 0 Å². The van der Waals surface area contributed by atoms with Crippen LogP contribution < -0.4 is 10.2 Å². The summed E-state index contributed by atoms with van der Waals surface area (Å²) in [6.45, 7) is 6.09. The van der Waals surface area contributed by atoms with Crippen LogP contribution in [-0.2, 0) is 14.3 Å². The fraction of sp³-hybridized carbons (Fsp3) is 0.360. The number of carbonyl (C=O) groups excluding carboxylic acids is 3. The Bertz CT molecular complexity index is 1130. The van der Waals surface area contributed by atoms with Crippen LogP contribution in [-0.4, -0.2) is 79.4 Å². The Labute approximate surface area is 203 Å². The summed E-state index contributed by atoms with van der Waals surface area (Å²) < 4.78 is 20.2. The zero-order valence-corrected chi connectivity index (χ0v) is 19.7. The minimum absolute atomic E-state index is 0.0796. The first kappa shape index (κ1) is 24.2. The highest BCUT2D eigenvalue weighted by Gasteiger charge is 2.32. The first-order valence-electron chi connectivity index (χ1n) is 11.5. The van der Waals surface area contributed by atoms with E-state index in [0.29, 0.717) is 43.0 Å². The minimum atomic E-state index is -0.571. The average Bonchev–Trinajstić information content (AvgIpc) is 3.22. The van der Waals surface area contributed by atoms with Crippen LogP contribution in [0.4, 0.5) is 14.9 Å². The quantitative estimate of drug-likeness (QED) is 0.640. The topological polar surface area (TPSA) is 94.5 Å². The summed E-state index contributed by atoms with van der Waals surface area (Å²) in [6, 6.07) is 12.0. The van der Waals surface area contributed by atoms with Crippen molar-refractivity contribution in [2.45, 2.75) is 20.0 Å². The third-order valence-corrected chi connectivity index (χ3v) is 6.01. The van der Waals surface area contributed by atoms with E-state index in [2.05, 4.69) is 10.4 Å². The summed E-state index contributed by atoms with van der Waals surface area (Å²) in [5, 5.41) is 9.03. The lowest BCUT2D eigenvalue weighted by Gasteiger charge is -2.32. The molecule has 0 aliphatic carbocycles. The van der Waals surface area contributed by atoms with Gasteiger partial charge in [-0.2, -0.15) is 5.10 Å². The molecule has 1 atom stereocenters. The van der Waals surface area contributed by atoms with E-state index in [1.54, 1.807) is 30.2 Å². The van der Waals surface area contributed by atoms with Crippen LogP contribution in [0.1, 0.15) is 19.4 Å². The van der Waals surface area contributed by atoms with Crippen LogP contribution >= 0.6 is 0 Å². The fourth-order valence-electron chi connectivity index (χ4n) is 4.03. The van der Waals surface area contributed by atoms with Crippen molar-refractivity contribution in [1.82, 2.24) is 15.2 Å². The molecule has 2 fully saturated rings. The molecule has 2 aromatic carbocycles. The van der Waals surface area contributed by atoms with E-state index in [9.17, 15) is 18.8 Å². The van der Waals surface area contributed by atoms with Crippen molar-refractivity contribution in [2.24, 2.45) is 5.10 Å². The van der Waals surface area contributed by atoms with Crippen molar-refractivity contribution < 1.29 is 23.5 Å². The summed E-state index contributed by atoms with van der Waals surface area (Å²) >= 11 is 0. The van der Waals surface area contributed by atoms with E-state index in [1.165, 1.54) is 17.9 Å². The molecule has 10 heteroatoms. The van der Waals surface area contributed by atoms with Gasteiger partial charge in [0.15, 0.2) is 0 Å². The van der Waals surface area contributed by atoms with Crippen LogP contribution in [0.15, 0.2) is 47.6 Å². The zero-order chi connectivity index (χ0) is 24.9. The molecule has 3 amide bonds. The standard InChI is InChI=1S/C25H28FN5O4/c1-17(32)27-15-22-16-31(25(34)35-22)21-7-8-23(24(26)13-21)20-5-3-19(4-6-20)14-28-30-11-9-29(10-12-30)18(2)33/h3-8,13-14,22H,9-12,15-16H2,1-2H3,(H,27,32)/b28-14+/t22-/m0/s1. The molecule has 0 bridgehead atoms. The third kappa shape index (κ3) is 5.95. The molecular formula is C25H28FN5O4. The molecule has 4 rings (SSSR count). The Morgan fingerprint density at radius 1 is 1.11 bits per heavy atom. The number of hydrogen-bond acceptors (Lipinski definition) is 6. The molecule has 1 N–H and O–H groups in total. The van der Waals surface area contributed by atoms with Gasteiger partial charge >= 0.3 is 6.09 Å². The number of hydrogen-bond donors (Lipinski definition) is 1. The first-order chi connectivity index (χ1) is 16.8. The minimum Gasteiger partial charge on any atom is -0.442 e. The van der Waals surface area contributed by atoms with E-state index in [-0.39, 0.29) is 24.9 Å². The van der Waals surface area contributed by atoms with Crippen molar-refractivity contribution >= 4 is 29.8 Å². The second-order valence-corrected chi connectivity index (χ2v) is 8.54. The number of carbonyl (C=O) groups is 3. The largest absolute Gasteiger partial charge is 0.442 e. The van der Waals surface area contributed by atoms with Gasteiger partial charge in [-0.3, -0.25) is 19.5 Å². The Hall–Kier alpha value is -3.95. The number of amides is 3. The Morgan fingerprint density at radius 3 is 2.46 bits per heavy atom. The molecule has 0 aromatic heterocycles. The molecule has 2 aliphatic rings. The molecule has 0 radical (unpaired) electrons. The molecule has 184 valence electrons. The van der Waals surface area contributed by atoms with E-state index >= 15 is 0 Å². The summed E-state index contributed by atoms with van der Waals surface area (Å²) in [4.78, 5) is 37.8. The van der Waals surface area contributed by atoms with Gasteiger partial charge in [0, 0.05) is 32.5 Å². The first-order valence-corrected chi connectivity index (χ1v) is 11.5. The maximum atomic E-state index is 15.0. The summed E-state index contributed by atoms with van der Waals surface area (Å²) in [5.74, 6) is -0.582. The molecule has 0 unspecified atom stereocenters. The smallest absolute Gasteiger partial charge is 0.414 e. The highest BCUT2D eigenvalue weighted by Crippen LogP contribution is 2.29. The number of rotatable bonds is 6. The highest BCUT2D eigenvalue weighted by atomic mass is 19.1. The number of anilines is 1. The second kappa shape index (κ2) is 10.5. The Kier molecular flexibility index (Phi) is 7.28. The molecule has 0 saturated carbocycles. The van der Waals surface area contributed by atoms with Crippen molar-refractivity contribution in [3.8, 4) is 11.1 Å². The fourth-order valence-corrected chi connectivity index (χ4v) is 4.03. The molecule has 2 saturated heterocycles. The molecule has 35 heavy (non-hydrogen) atoms. The van der Waals surface area contributed by atoms with Crippen molar-refractivity contribution in [3.05, 3.63) is 53.8 Å². The molecule has 2 heterocycles. The van der Waals surface area contributed by atoms with Crippen molar-refractivity contribution in [1.29, 1.82) is 0 Å². The van der Waals surface area contributed by atoms with Gasteiger partial charge < -0.3 is 15.0 Å². The molecule has 2 aromatic rings. The number of benzene rings is 2. The number of nitrogens with zero attached hydrogens (tertiary/aromatic N) is 4. The Balaban J connectivity index is 1.38. The summed E-state index contributed by atoms with van der Waals surface area (Å²) in [6.07, 6.45) is 0.698. The molecule has 9 nitrogen and oxygen atoms in total. The van der Waals surface area contributed by atoms with Crippen LogP contribution in [0.25, 0.3) is 11.1 Å². The summed E-state index contributed by atoms with van der Waals surface area (Å²) in [7, 11) is 0. The van der Waals surface area contributed by atoms with Crippen LogP contribution in [0.3, 0.4) is 0 Å². The molecular weight excluding hydrogens is 453 g/mol. The molecule has 2 aliphatic heterocycles. The number of halogens is 1. The second-order valence-electron chi connectivity index (χ2n) is 8.54. The molecule has 0 spiro atoms. The predicted molar refractivity (Wildman–Crippen MR) is 130 cm³/mol. The number of piperazine rings is 1. The van der Waals surface area contributed by atoms with Gasteiger partial charge in [0.05, 0.1) is 38.1 Å². The lowest BCUT2D eigenvalue weighted by molar-refractivity contribution is -0.130. The third-order valence-electron chi connectivity index (χ3n) is 6.01. The number of nitrogens with one attached hydrogen (secondary N) is 1. The summed E-state index contributed by atoms with van der Waals surface area (Å²) in [5.41, 5.74) is 2.40. The van der Waals surface area contributed by atoms with E-state index in [1.807, 2.05) is 29.3 Å². The van der Waals surface area contributed by atoms with Crippen molar-refractivity contribution in [2.75, 3.05) is 44.2 Å². The predicted octanol–water partition coefficient (Wildman–Crippen LogP) is 2.45. The van der Waals surface area contributed by atoms with Gasteiger partial charge in [-0.25, -0.2) is 9.18 Å². The van der Waals surface area contributed by atoms with Gasteiger partial charge in [-0.15, -0.1) is 0 Å². The van der Waals surface area contributed by atoms with Gasteiger partial charge in [0.2, 0.25) is 11.8 Å². The van der Waals surface area contributed by atoms with Gasteiger partial charge in [-0.1, -0.05) is 24.3 Å². The van der Waals surface area contributed by atoms with Gasteiger partial charge in [0.1, 0.15) is 11.9 Å². The maximum absolute atomic E-state index is 15.0. The Morgan fingerprint density at radius 2 is 1.83 bits per heavy atom. The number of ether oxygens (including phenoxy) is 1. The maximum Gasteiger partial charge on any atom is 0.414 e. The van der Waals surface area contributed by atoms with E-state index in [4.69, 9.17) is 4.74 Å². The monoisotopic (exact) mass is 481 g/mol. The van der Waals surface area contributed by atoms with Crippen LogP contribution in [0.5, 0.6) is 0 Å². The van der Waals surface area contributed by atoms with E-state index < -0.39 is 18.0 Å².